The minimum Gasteiger partial charge on any atom is -0.484 e. The average Bonchev–Trinajstić information content (AvgIpc) is 2.78. The molecule has 0 unspecified atom stereocenters. The first-order valence-electron chi connectivity index (χ1n) is 10.3. The van der Waals surface area contributed by atoms with Gasteiger partial charge in [0.25, 0.3) is 11.8 Å². The zero-order chi connectivity index (χ0) is 24.0. The van der Waals surface area contributed by atoms with Crippen molar-refractivity contribution in [2.24, 2.45) is 5.92 Å². The Morgan fingerprint density at radius 2 is 1.85 bits per heavy atom. The van der Waals surface area contributed by atoms with Gasteiger partial charge in [-0.2, -0.15) is 13.2 Å². The third-order valence-corrected chi connectivity index (χ3v) is 5.60. The van der Waals surface area contributed by atoms with E-state index in [1.54, 1.807) is 0 Å². The summed E-state index contributed by atoms with van der Waals surface area (Å²) in [6.07, 6.45) is -1.79. The number of pyridine rings is 1. The predicted octanol–water partition coefficient (Wildman–Crippen LogP) is 4.38. The summed E-state index contributed by atoms with van der Waals surface area (Å²) in [5, 5.41) is 5.46. The number of alkyl halides is 3. The third-order valence-electron chi connectivity index (χ3n) is 5.30. The molecule has 2 N–H and O–H groups in total. The Morgan fingerprint density at radius 3 is 2.52 bits per heavy atom. The van der Waals surface area contributed by atoms with Crippen molar-refractivity contribution in [3.8, 4) is 5.75 Å². The van der Waals surface area contributed by atoms with Crippen LogP contribution in [0.3, 0.4) is 0 Å². The summed E-state index contributed by atoms with van der Waals surface area (Å²) in [5.41, 5.74) is -1.40. The first kappa shape index (κ1) is 24.8. The Hall–Kier alpha value is -2.88. The Labute approximate surface area is 192 Å². The molecule has 3 rings (SSSR count). The van der Waals surface area contributed by atoms with Crippen LogP contribution < -0.4 is 15.4 Å². The number of carbonyl (C=O) groups is 2. The highest BCUT2D eigenvalue weighted by Crippen LogP contribution is 2.27. The van der Waals surface area contributed by atoms with E-state index in [0.717, 1.165) is 31.0 Å². The van der Waals surface area contributed by atoms with Gasteiger partial charge in [0.1, 0.15) is 23.0 Å². The van der Waals surface area contributed by atoms with E-state index in [1.807, 2.05) is 0 Å². The van der Waals surface area contributed by atoms with E-state index in [0.29, 0.717) is 19.4 Å². The topological polar surface area (TPSA) is 80.3 Å². The summed E-state index contributed by atoms with van der Waals surface area (Å²) in [6.45, 7) is 0.0454. The number of rotatable bonds is 7. The maximum absolute atomic E-state index is 13.4. The lowest BCUT2D eigenvalue weighted by Crippen LogP contribution is -2.41. The van der Waals surface area contributed by atoms with Gasteiger partial charge >= 0.3 is 6.18 Å². The van der Waals surface area contributed by atoms with Crippen molar-refractivity contribution < 1.29 is 31.9 Å². The smallest absolute Gasteiger partial charge is 0.433 e. The zero-order valence-electron chi connectivity index (χ0n) is 17.4. The Kier molecular flexibility index (Phi) is 8.12. The van der Waals surface area contributed by atoms with Crippen molar-refractivity contribution in [3.05, 3.63) is 58.6 Å². The van der Waals surface area contributed by atoms with Gasteiger partial charge in [0.2, 0.25) is 0 Å². The number of hydrogen-bond acceptors (Lipinski definition) is 4. The van der Waals surface area contributed by atoms with Crippen molar-refractivity contribution in [1.29, 1.82) is 0 Å². The lowest BCUT2D eigenvalue weighted by atomic mass is 9.86. The lowest BCUT2D eigenvalue weighted by molar-refractivity contribution is -0.141. The van der Waals surface area contributed by atoms with E-state index in [4.69, 9.17) is 16.3 Å². The maximum Gasteiger partial charge on any atom is 0.433 e. The first-order chi connectivity index (χ1) is 15.6. The fourth-order valence-corrected chi connectivity index (χ4v) is 3.66. The maximum atomic E-state index is 13.4. The average molecular weight is 488 g/mol. The molecule has 11 heteroatoms. The van der Waals surface area contributed by atoms with Crippen molar-refractivity contribution in [2.45, 2.75) is 37.9 Å². The molecule has 1 aliphatic carbocycles. The summed E-state index contributed by atoms with van der Waals surface area (Å²) in [6, 6.07) is 7.04. The van der Waals surface area contributed by atoms with Gasteiger partial charge in [-0.3, -0.25) is 9.59 Å². The Bertz CT molecular complexity index is 995. The first-order valence-corrected chi connectivity index (χ1v) is 10.7. The molecule has 1 aromatic heterocycles. The fraction of sp³-hybridized carbons (Fsp3) is 0.409. The van der Waals surface area contributed by atoms with Crippen LogP contribution >= 0.6 is 11.6 Å². The minimum absolute atomic E-state index is 0.0363. The van der Waals surface area contributed by atoms with Crippen LogP contribution in [0.5, 0.6) is 5.75 Å². The van der Waals surface area contributed by atoms with Crippen LogP contribution in [-0.2, 0) is 11.0 Å². The molecule has 0 atom stereocenters. The zero-order valence-corrected chi connectivity index (χ0v) is 18.2. The molecule has 1 aliphatic rings. The molecule has 2 aromatic rings. The van der Waals surface area contributed by atoms with Gasteiger partial charge in [0.15, 0.2) is 6.61 Å². The van der Waals surface area contributed by atoms with E-state index in [1.165, 1.54) is 18.2 Å². The van der Waals surface area contributed by atoms with Crippen LogP contribution in [0, 0.1) is 11.7 Å². The van der Waals surface area contributed by atoms with Crippen molar-refractivity contribution in [1.82, 2.24) is 15.6 Å². The van der Waals surface area contributed by atoms with Crippen molar-refractivity contribution in [3.63, 3.8) is 0 Å². The second-order valence-corrected chi connectivity index (χ2v) is 8.17. The van der Waals surface area contributed by atoms with Crippen LogP contribution in [0.15, 0.2) is 36.4 Å². The molecule has 1 fully saturated rings. The second-order valence-electron chi connectivity index (χ2n) is 7.77. The summed E-state index contributed by atoms with van der Waals surface area (Å²) >= 11 is 5.60. The highest BCUT2D eigenvalue weighted by molar-refractivity contribution is 6.30. The number of aromatic nitrogens is 1. The molecule has 2 amide bonds. The summed E-state index contributed by atoms with van der Waals surface area (Å²) < 4.78 is 56.9. The summed E-state index contributed by atoms with van der Waals surface area (Å²) in [7, 11) is 0. The van der Waals surface area contributed by atoms with E-state index < -0.39 is 23.6 Å². The molecule has 0 bridgehead atoms. The quantitative estimate of drug-likeness (QED) is 0.568. The molecule has 1 saturated carbocycles. The highest BCUT2D eigenvalue weighted by atomic mass is 35.5. The SMILES string of the molecule is O=C(COc1ccc(Cl)c(F)c1)N[C@H]1CC[C@H](CNC(=O)c2cccc(C(F)(F)F)n2)CC1. The number of hydrogen-bond donors (Lipinski definition) is 2. The number of carbonyl (C=O) groups excluding carboxylic acids is 2. The molecular weight excluding hydrogens is 466 g/mol. The minimum atomic E-state index is -4.62. The monoisotopic (exact) mass is 487 g/mol. The van der Waals surface area contributed by atoms with Gasteiger partial charge < -0.3 is 15.4 Å². The molecular formula is C22H22ClF4N3O3. The van der Waals surface area contributed by atoms with E-state index in [9.17, 15) is 27.2 Å². The predicted molar refractivity (Wildman–Crippen MR) is 112 cm³/mol. The van der Waals surface area contributed by atoms with Gasteiger partial charge in [-0.25, -0.2) is 9.37 Å². The van der Waals surface area contributed by atoms with Crippen molar-refractivity contribution in [2.75, 3.05) is 13.2 Å². The molecule has 33 heavy (non-hydrogen) atoms. The van der Waals surface area contributed by atoms with Gasteiger partial charge in [-0.05, 0) is 55.9 Å². The number of benzene rings is 1. The molecule has 0 aliphatic heterocycles. The van der Waals surface area contributed by atoms with Gasteiger partial charge in [-0.1, -0.05) is 17.7 Å². The molecule has 1 heterocycles. The molecule has 0 saturated heterocycles. The number of amides is 2. The highest BCUT2D eigenvalue weighted by Gasteiger charge is 2.33. The van der Waals surface area contributed by atoms with Crippen LogP contribution in [0.4, 0.5) is 17.6 Å². The normalized spacial score (nSPS) is 18.5. The third kappa shape index (κ3) is 7.31. The molecule has 178 valence electrons. The van der Waals surface area contributed by atoms with Gasteiger partial charge in [0, 0.05) is 18.7 Å². The van der Waals surface area contributed by atoms with Crippen LogP contribution in [0.2, 0.25) is 5.02 Å². The standard InChI is InChI=1S/C22H22ClF4N3O3/c23-16-9-8-15(10-17(16)24)33-12-20(31)29-14-6-4-13(5-7-14)11-28-21(32)18-2-1-3-19(30-18)22(25,26)27/h1-3,8-10,13-14H,4-7,11-12H2,(H,28,32)(H,29,31)/t13-,14-. The summed E-state index contributed by atoms with van der Waals surface area (Å²) in [5.74, 6) is -1.29. The van der Waals surface area contributed by atoms with Crippen LogP contribution in [0.1, 0.15) is 41.9 Å². The molecule has 1 aromatic carbocycles. The van der Waals surface area contributed by atoms with Crippen LogP contribution in [-0.4, -0.2) is 36.0 Å². The Balaban J connectivity index is 1.38. The van der Waals surface area contributed by atoms with Crippen LogP contribution in [0.25, 0.3) is 0 Å². The van der Waals surface area contributed by atoms with E-state index >= 15 is 0 Å². The summed E-state index contributed by atoms with van der Waals surface area (Å²) in [4.78, 5) is 27.6. The van der Waals surface area contributed by atoms with Gasteiger partial charge in [-0.15, -0.1) is 0 Å². The lowest BCUT2D eigenvalue weighted by Gasteiger charge is -2.29. The number of nitrogens with one attached hydrogen (secondary N) is 2. The van der Waals surface area contributed by atoms with Gasteiger partial charge in [0.05, 0.1) is 5.02 Å². The van der Waals surface area contributed by atoms with Crippen molar-refractivity contribution >= 4 is 23.4 Å². The fourth-order valence-electron chi connectivity index (χ4n) is 3.54. The molecule has 0 radical (unpaired) electrons. The molecule has 6 nitrogen and oxygen atoms in total. The number of ether oxygens (including phenoxy) is 1. The number of nitrogens with zero attached hydrogens (tertiary/aromatic N) is 1. The number of halogens is 5. The second kappa shape index (κ2) is 10.8. The molecule has 0 spiro atoms. The largest absolute Gasteiger partial charge is 0.484 e. The Morgan fingerprint density at radius 1 is 1.12 bits per heavy atom. The van der Waals surface area contributed by atoms with E-state index in [-0.39, 0.29) is 40.9 Å². The van der Waals surface area contributed by atoms with E-state index in [2.05, 4.69) is 15.6 Å².